The van der Waals surface area contributed by atoms with E-state index < -0.39 is 0 Å². The number of aromatic nitrogens is 4. The van der Waals surface area contributed by atoms with Crippen LogP contribution in [0.4, 0.5) is 5.82 Å². The average Bonchev–Trinajstić information content (AvgIpc) is 3.45. The number of nitrogens with two attached hydrogens (primary N) is 1. The second kappa shape index (κ2) is 11.7. The zero-order chi connectivity index (χ0) is 32.8. The van der Waals surface area contributed by atoms with Crippen molar-refractivity contribution in [3.05, 3.63) is 120 Å². The highest BCUT2D eigenvalue weighted by Crippen LogP contribution is 2.49. The van der Waals surface area contributed by atoms with Gasteiger partial charge >= 0.3 is 0 Å². The molecule has 2 aliphatic rings. The molecule has 10 nitrogen and oxygen atoms in total. The Hall–Kier alpha value is -5.87. The van der Waals surface area contributed by atoms with E-state index in [-0.39, 0.29) is 28.7 Å². The number of aromatic hydroxyl groups is 1. The first kappa shape index (κ1) is 29.5. The molecule has 1 aliphatic carbocycles. The number of nitrogen functional groups attached to an aromatic ring is 1. The van der Waals surface area contributed by atoms with E-state index in [9.17, 15) is 14.7 Å². The molecular weight excluding hydrogens is 602 g/mol. The molecule has 48 heavy (non-hydrogen) atoms. The van der Waals surface area contributed by atoms with Crippen molar-refractivity contribution in [1.29, 1.82) is 0 Å². The molecule has 6 aromatic rings. The van der Waals surface area contributed by atoms with E-state index in [1.807, 2.05) is 54.6 Å². The Morgan fingerprint density at radius 2 is 1.75 bits per heavy atom. The van der Waals surface area contributed by atoms with Gasteiger partial charge in [-0.15, -0.1) is 0 Å². The fourth-order valence-corrected chi connectivity index (χ4v) is 7.18. The molecule has 0 atom stereocenters. The first-order valence-corrected chi connectivity index (χ1v) is 15.9. The molecule has 1 saturated heterocycles. The number of rotatable bonds is 8. The molecule has 0 unspecified atom stereocenters. The van der Waals surface area contributed by atoms with E-state index >= 15 is 0 Å². The van der Waals surface area contributed by atoms with Crippen molar-refractivity contribution in [1.82, 2.24) is 29.7 Å². The number of phenolic OH excluding ortho intramolecular Hbond substituents is 1. The van der Waals surface area contributed by atoms with Crippen LogP contribution in [0.5, 0.6) is 5.75 Å². The summed E-state index contributed by atoms with van der Waals surface area (Å²) in [6.07, 6.45) is 4.10. The van der Waals surface area contributed by atoms with Crippen molar-refractivity contribution in [2.45, 2.75) is 25.4 Å². The maximum Gasteiger partial charge on any atom is 0.251 e. The van der Waals surface area contributed by atoms with Crippen molar-refractivity contribution in [3.63, 3.8) is 0 Å². The Kier molecular flexibility index (Phi) is 7.22. The number of carbonyl (C=O) groups is 2. The van der Waals surface area contributed by atoms with Gasteiger partial charge in [0.15, 0.2) is 17.8 Å². The van der Waals surface area contributed by atoms with E-state index in [4.69, 9.17) is 15.7 Å². The Balaban J connectivity index is 0.962. The summed E-state index contributed by atoms with van der Waals surface area (Å²) < 4.78 is 2.05. The fraction of sp³-hybridized carbons (Fsp3) is 0.184. The lowest BCUT2D eigenvalue weighted by atomic mass is 9.60. The number of anilines is 1. The van der Waals surface area contributed by atoms with Crippen molar-refractivity contribution in [3.8, 4) is 34.1 Å². The third-order valence-electron chi connectivity index (χ3n) is 9.49. The maximum atomic E-state index is 12.7. The van der Waals surface area contributed by atoms with Crippen LogP contribution in [-0.4, -0.2) is 60.9 Å². The van der Waals surface area contributed by atoms with Crippen LogP contribution in [0.2, 0.25) is 0 Å². The van der Waals surface area contributed by atoms with E-state index in [1.165, 1.54) is 17.7 Å². The minimum absolute atomic E-state index is 0.107. The fourth-order valence-electron chi connectivity index (χ4n) is 7.18. The van der Waals surface area contributed by atoms with Crippen LogP contribution >= 0.6 is 0 Å². The van der Waals surface area contributed by atoms with Crippen LogP contribution in [0.3, 0.4) is 0 Å². The number of carbonyl (C=O) groups excluding carboxylic acids is 2. The van der Waals surface area contributed by atoms with Gasteiger partial charge < -0.3 is 16.2 Å². The predicted molar refractivity (Wildman–Crippen MR) is 184 cm³/mol. The Labute approximate surface area is 276 Å². The van der Waals surface area contributed by atoms with E-state index in [0.717, 1.165) is 66.1 Å². The van der Waals surface area contributed by atoms with Gasteiger partial charge in [-0.1, -0.05) is 42.5 Å². The molecular formula is C38H33N7O3. The lowest BCUT2D eigenvalue weighted by Gasteiger charge is -2.59. The summed E-state index contributed by atoms with van der Waals surface area (Å²) in [6, 6.07) is 30.9. The minimum Gasteiger partial charge on any atom is -0.507 e. The standard InChI is InChI=1S/C38H33N7O3/c39-34-30(7-4-16-40-34)35-43-32-15-14-31(25-5-2-1-3-6-25)42-36(32)45(35)29-12-8-24(9-13-29)20-44-22-38(23-44)18-28(19-38)41-37(48)26-10-11-27(21-46)33(47)17-26/h1-17,21,28,47H,18-20,22-23H2,(H2,39,40)(H,41,48). The second-order valence-electron chi connectivity index (χ2n) is 12.9. The van der Waals surface area contributed by atoms with Gasteiger partial charge in [-0.25, -0.2) is 15.0 Å². The molecule has 1 saturated carbocycles. The highest BCUT2D eigenvalue weighted by Gasteiger charge is 2.52. The summed E-state index contributed by atoms with van der Waals surface area (Å²) in [5, 5.41) is 13.0. The van der Waals surface area contributed by atoms with Gasteiger partial charge in [0.25, 0.3) is 5.91 Å². The summed E-state index contributed by atoms with van der Waals surface area (Å²) in [7, 11) is 0. The Morgan fingerprint density at radius 1 is 0.958 bits per heavy atom. The zero-order valence-corrected chi connectivity index (χ0v) is 26.1. The SMILES string of the molecule is Nc1ncccc1-c1nc2ccc(-c3ccccc3)nc2n1-c1ccc(CN2CC3(CC(NC(=O)c4ccc(C=O)c(O)c4)C3)C2)cc1. The molecule has 3 aromatic heterocycles. The third kappa shape index (κ3) is 5.35. The number of phenols is 1. The number of nitrogens with zero attached hydrogens (tertiary/aromatic N) is 5. The van der Waals surface area contributed by atoms with Crippen molar-refractivity contribution < 1.29 is 14.7 Å². The Morgan fingerprint density at radius 3 is 2.48 bits per heavy atom. The number of hydrogen-bond acceptors (Lipinski definition) is 8. The van der Waals surface area contributed by atoms with Crippen molar-refractivity contribution >= 4 is 29.2 Å². The summed E-state index contributed by atoms with van der Waals surface area (Å²) in [5.74, 6) is 0.680. The topological polar surface area (TPSA) is 139 Å². The van der Waals surface area contributed by atoms with E-state index in [2.05, 4.69) is 44.0 Å². The number of imidazole rings is 1. The second-order valence-corrected chi connectivity index (χ2v) is 12.9. The van der Waals surface area contributed by atoms with Crippen LogP contribution in [-0.2, 0) is 6.54 Å². The number of aldehydes is 1. The first-order valence-electron chi connectivity index (χ1n) is 15.9. The van der Waals surface area contributed by atoms with E-state index in [0.29, 0.717) is 23.5 Å². The summed E-state index contributed by atoms with van der Waals surface area (Å²) in [4.78, 5) is 40.4. The summed E-state index contributed by atoms with van der Waals surface area (Å²) in [6.45, 7) is 2.81. The Bertz CT molecular complexity index is 2170. The molecule has 4 N–H and O–H groups in total. The molecule has 1 amide bonds. The molecule has 4 heterocycles. The quantitative estimate of drug-likeness (QED) is 0.183. The lowest BCUT2D eigenvalue weighted by Crippen LogP contribution is -2.66. The minimum atomic E-state index is -0.231. The molecule has 1 aliphatic heterocycles. The molecule has 10 heteroatoms. The number of pyridine rings is 2. The van der Waals surface area contributed by atoms with Crippen LogP contribution in [0.1, 0.15) is 39.1 Å². The summed E-state index contributed by atoms with van der Waals surface area (Å²) >= 11 is 0. The first-order chi connectivity index (χ1) is 23.4. The maximum absolute atomic E-state index is 12.7. The lowest BCUT2D eigenvalue weighted by molar-refractivity contribution is -0.0808. The van der Waals surface area contributed by atoms with Crippen LogP contribution in [0.25, 0.3) is 39.5 Å². The molecule has 0 bridgehead atoms. The highest BCUT2D eigenvalue weighted by molar-refractivity contribution is 5.96. The number of fused-ring (bicyclic) bond motifs is 1. The van der Waals surface area contributed by atoms with Gasteiger partial charge in [-0.05, 0) is 78.4 Å². The molecule has 238 valence electrons. The normalized spacial score (nSPS) is 15.6. The van der Waals surface area contributed by atoms with Gasteiger partial charge in [-0.2, -0.15) is 0 Å². The monoisotopic (exact) mass is 635 g/mol. The molecule has 0 radical (unpaired) electrons. The number of hydrogen-bond donors (Lipinski definition) is 3. The predicted octanol–water partition coefficient (Wildman–Crippen LogP) is 5.64. The van der Waals surface area contributed by atoms with Crippen LogP contribution in [0, 0.1) is 5.41 Å². The smallest absolute Gasteiger partial charge is 0.251 e. The van der Waals surface area contributed by atoms with Crippen LogP contribution < -0.4 is 11.1 Å². The van der Waals surface area contributed by atoms with Crippen molar-refractivity contribution in [2.24, 2.45) is 5.41 Å². The largest absolute Gasteiger partial charge is 0.507 e. The number of likely N-dealkylation sites (tertiary alicyclic amines) is 1. The van der Waals surface area contributed by atoms with Crippen molar-refractivity contribution in [2.75, 3.05) is 18.8 Å². The van der Waals surface area contributed by atoms with Gasteiger partial charge in [0.2, 0.25) is 0 Å². The zero-order valence-electron chi connectivity index (χ0n) is 26.1. The van der Waals surface area contributed by atoms with Gasteiger partial charge in [-0.3, -0.25) is 19.1 Å². The number of amides is 1. The van der Waals surface area contributed by atoms with Gasteiger partial charge in [0.1, 0.15) is 17.1 Å². The molecule has 8 rings (SSSR count). The summed E-state index contributed by atoms with van der Waals surface area (Å²) in [5.41, 5.74) is 13.4. The number of nitrogens with one attached hydrogen (secondary N) is 1. The molecule has 1 spiro atoms. The molecule has 3 aromatic carbocycles. The third-order valence-corrected chi connectivity index (χ3v) is 9.49. The van der Waals surface area contributed by atoms with Gasteiger partial charge in [0.05, 0.1) is 16.8 Å². The van der Waals surface area contributed by atoms with E-state index in [1.54, 1.807) is 12.3 Å². The molecule has 2 fully saturated rings. The van der Waals surface area contributed by atoms with Crippen LogP contribution in [0.15, 0.2) is 103 Å². The highest BCUT2D eigenvalue weighted by atomic mass is 16.3. The van der Waals surface area contributed by atoms with Gasteiger partial charge in [0, 0.05) is 48.7 Å². The average molecular weight is 636 g/mol. The number of benzene rings is 3.